The molecule has 1 aromatic carbocycles. The van der Waals surface area contributed by atoms with Gasteiger partial charge < -0.3 is 14.5 Å². The number of aromatic nitrogens is 2. The fraction of sp³-hybridized carbons (Fsp3) is 0.412. The van der Waals surface area contributed by atoms with Crippen molar-refractivity contribution in [3.05, 3.63) is 42.2 Å². The zero-order valence-corrected chi connectivity index (χ0v) is 14.2. The summed E-state index contributed by atoms with van der Waals surface area (Å²) in [4.78, 5) is 16.1. The van der Waals surface area contributed by atoms with E-state index in [0.717, 1.165) is 22.2 Å². The number of piperazine rings is 1. The molecular formula is C17H19F3N4O2. The van der Waals surface area contributed by atoms with Crippen molar-refractivity contribution in [1.29, 1.82) is 0 Å². The fourth-order valence-electron chi connectivity index (χ4n) is 2.93. The second-order valence-corrected chi connectivity index (χ2v) is 5.94. The number of benzene rings is 1. The lowest BCUT2D eigenvalue weighted by Gasteiger charge is -2.36. The van der Waals surface area contributed by atoms with E-state index in [9.17, 15) is 18.0 Å². The van der Waals surface area contributed by atoms with Gasteiger partial charge in [-0.3, -0.25) is 9.48 Å². The third-order valence-electron chi connectivity index (χ3n) is 4.29. The standard InChI is InChI=1S/C17H19F3N4O2/c1-26-14-5-3-2-4-13(14)22-8-10-23(11-9-22)16(25)12-24-7-6-15(21-24)17(18,19)20/h2-7H,8-12H2,1H3. The smallest absolute Gasteiger partial charge is 0.435 e. The van der Waals surface area contributed by atoms with Crippen LogP contribution in [0.2, 0.25) is 0 Å². The fourth-order valence-corrected chi connectivity index (χ4v) is 2.93. The van der Waals surface area contributed by atoms with Crippen LogP contribution in [0, 0.1) is 0 Å². The molecule has 0 radical (unpaired) electrons. The molecule has 0 atom stereocenters. The average molecular weight is 368 g/mol. The highest BCUT2D eigenvalue weighted by Gasteiger charge is 2.33. The summed E-state index contributed by atoms with van der Waals surface area (Å²) >= 11 is 0. The van der Waals surface area contributed by atoms with E-state index in [-0.39, 0.29) is 12.5 Å². The van der Waals surface area contributed by atoms with Crippen molar-refractivity contribution in [3.8, 4) is 5.75 Å². The van der Waals surface area contributed by atoms with E-state index in [1.54, 1.807) is 12.0 Å². The van der Waals surface area contributed by atoms with Crippen molar-refractivity contribution in [3.63, 3.8) is 0 Å². The van der Waals surface area contributed by atoms with Crippen LogP contribution in [0.3, 0.4) is 0 Å². The Morgan fingerprint density at radius 1 is 1.15 bits per heavy atom. The quantitative estimate of drug-likeness (QED) is 0.831. The number of amides is 1. The maximum Gasteiger partial charge on any atom is 0.435 e. The van der Waals surface area contributed by atoms with Gasteiger partial charge in [-0.25, -0.2) is 0 Å². The van der Waals surface area contributed by atoms with E-state index in [1.807, 2.05) is 24.3 Å². The van der Waals surface area contributed by atoms with Crippen molar-refractivity contribution in [2.75, 3.05) is 38.2 Å². The second kappa shape index (κ2) is 7.27. The number of alkyl halides is 3. The minimum absolute atomic E-state index is 0.204. The number of halogens is 3. The third kappa shape index (κ3) is 3.92. The highest BCUT2D eigenvalue weighted by atomic mass is 19.4. The molecule has 0 saturated carbocycles. The van der Waals surface area contributed by atoms with Crippen LogP contribution in [-0.4, -0.2) is 53.9 Å². The van der Waals surface area contributed by atoms with Crippen molar-refractivity contribution in [2.24, 2.45) is 0 Å². The lowest BCUT2D eigenvalue weighted by molar-refractivity contribution is -0.142. The Balaban J connectivity index is 1.58. The summed E-state index contributed by atoms with van der Waals surface area (Å²) < 4.78 is 44.1. The molecule has 1 aromatic heterocycles. The number of methoxy groups -OCH3 is 1. The van der Waals surface area contributed by atoms with Gasteiger partial charge in [0.1, 0.15) is 12.3 Å². The van der Waals surface area contributed by atoms with Gasteiger partial charge in [-0.15, -0.1) is 0 Å². The highest BCUT2D eigenvalue weighted by Crippen LogP contribution is 2.29. The molecule has 0 aliphatic carbocycles. The first-order valence-electron chi connectivity index (χ1n) is 8.15. The molecule has 1 saturated heterocycles. The zero-order valence-electron chi connectivity index (χ0n) is 14.2. The summed E-state index contributed by atoms with van der Waals surface area (Å²) in [5, 5.41) is 3.42. The van der Waals surface area contributed by atoms with Gasteiger partial charge in [0.2, 0.25) is 5.91 Å². The molecule has 26 heavy (non-hydrogen) atoms. The molecule has 0 unspecified atom stereocenters. The van der Waals surface area contributed by atoms with Crippen molar-refractivity contribution < 1.29 is 22.7 Å². The van der Waals surface area contributed by atoms with Gasteiger partial charge >= 0.3 is 6.18 Å². The average Bonchev–Trinajstić information content (AvgIpc) is 3.10. The van der Waals surface area contributed by atoms with Gasteiger partial charge in [0.25, 0.3) is 0 Å². The molecule has 1 aliphatic rings. The summed E-state index contributed by atoms with van der Waals surface area (Å²) in [6, 6.07) is 8.52. The van der Waals surface area contributed by atoms with Crippen molar-refractivity contribution in [2.45, 2.75) is 12.7 Å². The lowest BCUT2D eigenvalue weighted by Crippen LogP contribution is -2.49. The molecule has 3 rings (SSSR count). The molecule has 2 aromatic rings. The third-order valence-corrected chi connectivity index (χ3v) is 4.29. The number of carbonyl (C=O) groups is 1. The van der Waals surface area contributed by atoms with E-state index >= 15 is 0 Å². The Morgan fingerprint density at radius 3 is 2.46 bits per heavy atom. The molecule has 1 amide bonds. The van der Waals surface area contributed by atoms with Crippen LogP contribution in [0.4, 0.5) is 18.9 Å². The van der Waals surface area contributed by atoms with Crippen LogP contribution in [0.25, 0.3) is 0 Å². The lowest BCUT2D eigenvalue weighted by atomic mass is 10.2. The number of anilines is 1. The maximum absolute atomic E-state index is 12.6. The molecule has 9 heteroatoms. The Labute approximate surface area is 148 Å². The predicted molar refractivity (Wildman–Crippen MR) is 89.0 cm³/mol. The van der Waals surface area contributed by atoms with Crippen LogP contribution in [0.5, 0.6) is 5.75 Å². The highest BCUT2D eigenvalue weighted by molar-refractivity contribution is 5.76. The SMILES string of the molecule is COc1ccccc1N1CCN(C(=O)Cn2ccc(C(F)(F)F)n2)CC1. The number of hydrogen-bond donors (Lipinski definition) is 0. The minimum Gasteiger partial charge on any atom is -0.495 e. The van der Waals surface area contributed by atoms with Gasteiger partial charge in [0.05, 0.1) is 12.8 Å². The molecule has 6 nitrogen and oxygen atoms in total. The van der Waals surface area contributed by atoms with Gasteiger partial charge in [-0.2, -0.15) is 18.3 Å². The van der Waals surface area contributed by atoms with Crippen molar-refractivity contribution in [1.82, 2.24) is 14.7 Å². The normalized spacial score (nSPS) is 15.2. The number of ether oxygens (including phenoxy) is 1. The summed E-state index contributed by atoms with van der Waals surface area (Å²) in [5.74, 6) is 0.519. The van der Waals surface area contributed by atoms with Crippen LogP contribution in [-0.2, 0) is 17.5 Å². The predicted octanol–water partition coefficient (Wildman–Crippen LogP) is 2.26. The van der Waals surface area contributed by atoms with Crippen LogP contribution in [0.15, 0.2) is 36.5 Å². The minimum atomic E-state index is -4.51. The number of hydrogen-bond acceptors (Lipinski definition) is 4. The molecule has 0 bridgehead atoms. The van der Waals surface area contributed by atoms with Gasteiger partial charge in [0, 0.05) is 32.4 Å². The van der Waals surface area contributed by atoms with E-state index in [1.165, 1.54) is 6.20 Å². The first kappa shape index (κ1) is 18.1. The monoisotopic (exact) mass is 368 g/mol. The first-order chi connectivity index (χ1) is 12.4. The Kier molecular flexibility index (Phi) is 5.06. The van der Waals surface area contributed by atoms with E-state index in [0.29, 0.717) is 26.2 Å². The molecule has 140 valence electrons. The zero-order chi connectivity index (χ0) is 18.7. The molecule has 1 fully saturated rings. The van der Waals surface area contributed by atoms with Gasteiger partial charge in [-0.05, 0) is 18.2 Å². The van der Waals surface area contributed by atoms with Gasteiger partial charge in [-0.1, -0.05) is 12.1 Å². The molecule has 0 spiro atoms. The van der Waals surface area contributed by atoms with E-state index in [4.69, 9.17) is 4.74 Å². The summed E-state index contributed by atoms with van der Waals surface area (Å²) in [5.41, 5.74) is -0.0321. The van der Waals surface area contributed by atoms with Gasteiger partial charge in [0.15, 0.2) is 5.69 Å². The van der Waals surface area contributed by atoms with Crippen LogP contribution >= 0.6 is 0 Å². The number of carbonyl (C=O) groups excluding carboxylic acids is 1. The number of para-hydroxylation sites is 2. The Bertz CT molecular complexity index is 767. The summed E-state index contributed by atoms with van der Waals surface area (Å²) in [7, 11) is 1.61. The molecular weight excluding hydrogens is 349 g/mol. The first-order valence-corrected chi connectivity index (χ1v) is 8.15. The van der Waals surface area contributed by atoms with Crippen molar-refractivity contribution >= 4 is 11.6 Å². The molecule has 2 heterocycles. The number of nitrogens with zero attached hydrogens (tertiary/aromatic N) is 4. The molecule has 0 N–H and O–H groups in total. The largest absolute Gasteiger partial charge is 0.495 e. The Morgan fingerprint density at radius 2 is 1.85 bits per heavy atom. The Hall–Kier alpha value is -2.71. The summed E-state index contributed by atoms with van der Waals surface area (Å²) in [6.07, 6.45) is -3.33. The topological polar surface area (TPSA) is 50.6 Å². The van der Waals surface area contributed by atoms with E-state index in [2.05, 4.69) is 10.00 Å². The van der Waals surface area contributed by atoms with E-state index < -0.39 is 11.9 Å². The summed E-state index contributed by atoms with van der Waals surface area (Å²) in [6.45, 7) is 2.03. The molecule has 1 aliphatic heterocycles. The van der Waals surface area contributed by atoms with Crippen LogP contribution in [0.1, 0.15) is 5.69 Å². The second-order valence-electron chi connectivity index (χ2n) is 5.94. The van der Waals surface area contributed by atoms with Crippen LogP contribution < -0.4 is 9.64 Å². The maximum atomic E-state index is 12.6. The number of rotatable bonds is 4.